The van der Waals surface area contributed by atoms with E-state index in [1.54, 1.807) is 17.6 Å². The summed E-state index contributed by atoms with van der Waals surface area (Å²) in [5.74, 6) is -0.150. The van der Waals surface area contributed by atoms with Gasteiger partial charge in [0, 0.05) is 44.3 Å². The molecule has 0 fully saturated rings. The summed E-state index contributed by atoms with van der Waals surface area (Å²) in [5.41, 5.74) is 1.17. The van der Waals surface area contributed by atoms with Crippen LogP contribution in [0.1, 0.15) is 17.4 Å². The van der Waals surface area contributed by atoms with Gasteiger partial charge < -0.3 is 15.5 Å². The van der Waals surface area contributed by atoms with E-state index in [9.17, 15) is 9.59 Å². The molecule has 2 rings (SSSR count). The van der Waals surface area contributed by atoms with Crippen LogP contribution in [0.4, 0.5) is 16.6 Å². The molecule has 8 heteroatoms. The summed E-state index contributed by atoms with van der Waals surface area (Å²) in [4.78, 5) is 33.0. The third kappa shape index (κ3) is 3.99. The standard InChI is InChI=1S/C13H15N5O2S/c1-8(19)15-13-16-10(7-21-13)12(20)17-11-6-9(18(2)3)4-5-14-11/h4-7H,1-3H3,(H,14,17,20)(H,15,16,19). The second-order valence-electron chi connectivity index (χ2n) is 4.47. The molecular weight excluding hydrogens is 290 g/mol. The first-order valence-corrected chi connectivity index (χ1v) is 7.01. The summed E-state index contributed by atoms with van der Waals surface area (Å²) in [6.45, 7) is 1.39. The molecule has 0 spiro atoms. The molecule has 0 aromatic carbocycles. The number of nitrogens with zero attached hydrogens (tertiary/aromatic N) is 3. The number of carbonyl (C=O) groups excluding carboxylic acids is 2. The van der Waals surface area contributed by atoms with E-state index in [4.69, 9.17) is 0 Å². The zero-order chi connectivity index (χ0) is 15.4. The van der Waals surface area contributed by atoms with Crippen molar-refractivity contribution in [3.8, 4) is 0 Å². The molecule has 0 aliphatic carbocycles. The number of thiazole rings is 1. The summed E-state index contributed by atoms with van der Waals surface area (Å²) in [7, 11) is 3.81. The minimum absolute atomic E-state index is 0.225. The van der Waals surface area contributed by atoms with Crippen molar-refractivity contribution in [2.75, 3.05) is 29.6 Å². The lowest BCUT2D eigenvalue weighted by atomic mass is 10.3. The molecule has 2 amide bonds. The molecule has 0 aliphatic heterocycles. The smallest absolute Gasteiger partial charge is 0.276 e. The summed E-state index contributed by atoms with van der Waals surface area (Å²) >= 11 is 1.19. The molecule has 0 bridgehead atoms. The van der Waals surface area contributed by atoms with E-state index in [2.05, 4.69) is 20.6 Å². The third-order valence-corrected chi connectivity index (χ3v) is 3.28. The predicted octanol–water partition coefficient (Wildman–Crippen LogP) is 1.81. The first-order valence-electron chi connectivity index (χ1n) is 6.13. The molecule has 2 aromatic heterocycles. The van der Waals surface area contributed by atoms with Gasteiger partial charge in [0.05, 0.1) is 0 Å². The average Bonchev–Trinajstić information content (AvgIpc) is 2.86. The summed E-state index contributed by atoms with van der Waals surface area (Å²) in [6, 6.07) is 3.60. The van der Waals surface area contributed by atoms with Gasteiger partial charge in [-0.1, -0.05) is 0 Å². The molecule has 0 radical (unpaired) electrons. The highest BCUT2D eigenvalue weighted by molar-refractivity contribution is 7.14. The van der Waals surface area contributed by atoms with Crippen LogP contribution in [-0.4, -0.2) is 35.9 Å². The lowest BCUT2D eigenvalue weighted by molar-refractivity contribution is -0.114. The number of amides is 2. The number of hydrogen-bond donors (Lipinski definition) is 2. The number of aromatic nitrogens is 2. The Morgan fingerprint density at radius 3 is 2.71 bits per heavy atom. The van der Waals surface area contributed by atoms with Crippen LogP contribution in [0.2, 0.25) is 0 Å². The summed E-state index contributed by atoms with van der Waals surface area (Å²) in [6.07, 6.45) is 1.62. The number of rotatable bonds is 4. The molecule has 2 aromatic rings. The van der Waals surface area contributed by atoms with Gasteiger partial charge in [0.1, 0.15) is 11.5 Å². The molecule has 0 atom stereocenters. The second kappa shape index (κ2) is 6.31. The van der Waals surface area contributed by atoms with Crippen molar-refractivity contribution >= 4 is 39.8 Å². The van der Waals surface area contributed by atoms with E-state index >= 15 is 0 Å². The Bertz CT molecular complexity index is 668. The molecule has 0 saturated heterocycles. The quantitative estimate of drug-likeness (QED) is 0.899. The molecule has 2 heterocycles. The number of carbonyl (C=O) groups is 2. The summed E-state index contributed by atoms with van der Waals surface area (Å²) < 4.78 is 0. The maximum atomic E-state index is 12.1. The van der Waals surface area contributed by atoms with E-state index < -0.39 is 0 Å². The lowest BCUT2D eigenvalue weighted by Crippen LogP contribution is -2.15. The topological polar surface area (TPSA) is 87.2 Å². The fourth-order valence-corrected chi connectivity index (χ4v) is 2.27. The monoisotopic (exact) mass is 305 g/mol. The Morgan fingerprint density at radius 2 is 2.05 bits per heavy atom. The van der Waals surface area contributed by atoms with Crippen molar-refractivity contribution in [3.05, 3.63) is 29.4 Å². The summed E-state index contributed by atoms with van der Waals surface area (Å²) in [5, 5.41) is 7.18. The SMILES string of the molecule is CC(=O)Nc1nc(C(=O)Nc2cc(N(C)C)ccn2)cs1. The average molecular weight is 305 g/mol. The van der Waals surface area contributed by atoms with Crippen LogP contribution in [0.3, 0.4) is 0 Å². The normalized spacial score (nSPS) is 10.0. The predicted molar refractivity (Wildman–Crippen MR) is 82.9 cm³/mol. The van der Waals surface area contributed by atoms with Crippen LogP contribution < -0.4 is 15.5 Å². The van der Waals surface area contributed by atoms with Crippen LogP contribution >= 0.6 is 11.3 Å². The van der Waals surface area contributed by atoms with Crippen molar-refractivity contribution in [1.29, 1.82) is 0 Å². The van der Waals surface area contributed by atoms with Crippen molar-refractivity contribution in [3.63, 3.8) is 0 Å². The van der Waals surface area contributed by atoms with Gasteiger partial charge in [0.15, 0.2) is 5.13 Å². The highest BCUT2D eigenvalue weighted by Crippen LogP contribution is 2.18. The van der Waals surface area contributed by atoms with Crippen molar-refractivity contribution < 1.29 is 9.59 Å². The Hall–Kier alpha value is -2.48. The van der Waals surface area contributed by atoms with Gasteiger partial charge in [-0.3, -0.25) is 9.59 Å². The highest BCUT2D eigenvalue weighted by Gasteiger charge is 2.12. The van der Waals surface area contributed by atoms with Gasteiger partial charge in [-0.2, -0.15) is 0 Å². The third-order valence-electron chi connectivity index (χ3n) is 2.52. The number of anilines is 3. The van der Waals surface area contributed by atoms with Gasteiger partial charge in [-0.25, -0.2) is 9.97 Å². The van der Waals surface area contributed by atoms with E-state index in [1.165, 1.54) is 18.3 Å². The maximum absolute atomic E-state index is 12.1. The number of hydrogen-bond acceptors (Lipinski definition) is 6. The molecule has 0 unspecified atom stereocenters. The molecule has 0 saturated carbocycles. The van der Waals surface area contributed by atoms with E-state index in [1.807, 2.05) is 25.1 Å². The van der Waals surface area contributed by atoms with E-state index in [0.717, 1.165) is 5.69 Å². The van der Waals surface area contributed by atoms with Gasteiger partial charge in [0.25, 0.3) is 5.91 Å². The lowest BCUT2D eigenvalue weighted by Gasteiger charge is -2.13. The van der Waals surface area contributed by atoms with Crippen molar-refractivity contribution in [1.82, 2.24) is 9.97 Å². The van der Waals surface area contributed by atoms with Gasteiger partial charge in [-0.05, 0) is 6.07 Å². The first kappa shape index (κ1) is 14.9. The van der Waals surface area contributed by atoms with Crippen molar-refractivity contribution in [2.45, 2.75) is 6.92 Å². The first-order chi connectivity index (χ1) is 9.95. The zero-order valence-electron chi connectivity index (χ0n) is 11.9. The molecule has 110 valence electrons. The van der Waals surface area contributed by atoms with Crippen LogP contribution in [-0.2, 0) is 4.79 Å². The molecule has 21 heavy (non-hydrogen) atoms. The van der Waals surface area contributed by atoms with Crippen molar-refractivity contribution in [2.24, 2.45) is 0 Å². The van der Waals surface area contributed by atoms with Crippen LogP contribution in [0.15, 0.2) is 23.7 Å². The largest absolute Gasteiger partial charge is 0.378 e. The number of pyridine rings is 1. The minimum Gasteiger partial charge on any atom is -0.378 e. The fraction of sp³-hybridized carbons (Fsp3) is 0.231. The Balaban J connectivity index is 2.09. The second-order valence-corrected chi connectivity index (χ2v) is 5.33. The number of nitrogens with one attached hydrogen (secondary N) is 2. The van der Waals surface area contributed by atoms with Crippen LogP contribution in [0.5, 0.6) is 0 Å². The van der Waals surface area contributed by atoms with Gasteiger partial charge in [-0.15, -0.1) is 11.3 Å². The fourth-order valence-electron chi connectivity index (χ4n) is 1.53. The van der Waals surface area contributed by atoms with Gasteiger partial charge >= 0.3 is 0 Å². The molecule has 2 N–H and O–H groups in total. The highest BCUT2D eigenvalue weighted by atomic mass is 32.1. The zero-order valence-corrected chi connectivity index (χ0v) is 12.7. The maximum Gasteiger partial charge on any atom is 0.276 e. The molecular formula is C13H15N5O2S. The van der Waals surface area contributed by atoms with E-state index in [-0.39, 0.29) is 17.5 Å². The van der Waals surface area contributed by atoms with E-state index in [0.29, 0.717) is 10.9 Å². The Labute approximate surface area is 126 Å². The van der Waals surface area contributed by atoms with Gasteiger partial charge in [0.2, 0.25) is 5.91 Å². The van der Waals surface area contributed by atoms with Crippen LogP contribution in [0, 0.1) is 0 Å². The Morgan fingerprint density at radius 1 is 1.29 bits per heavy atom. The van der Waals surface area contributed by atoms with Crippen LogP contribution in [0.25, 0.3) is 0 Å². The molecule has 7 nitrogen and oxygen atoms in total. The minimum atomic E-state index is -0.369. The molecule has 0 aliphatic rings. The Kier molecular flexibility index (Phi) is 4.49.